The zero-order valence-electron chi connectivity index (χ0n) is 7.30. The molecular formula is C12H7ClF. The molecule has 14 heavy (non-hydrogen) atoms. The van der Waals surface area contributed by atoms with E-state index in [1.165, 1.54) is 12.1 Å². The van der Waals surface area contributed by atoms with Crippen molar-refractivity contribution in [2.45, 2.75) is 0 Å². The first-order valence-electron chi connectivity index (χ1n) is 4.19. The third kappa shape index (κ3) is 1.78. The lowest BCUT2D eigenvalue weighted by Crippen LogP contribution is -1.79. The second-order valence-electron chi connectivity index (χ2n) is 2.91. The first-order valence-corrected chi connectivity index (χ1v) is 4.57. The Morgan fingerprint density at radius 3 is 2.43 bits per heavy atom. The van der Waals surface area contributed by atoms with Crippen molar-refractivity contribution in [1.29, 1.82) is 0 Å². The van der Waals surface area contributed by atoms with Crippen LogP contribution in [0.5, 0.6) is 0 Å². The lowest BCUT2D eigenvalue weighted by molar-refractivity contribution is 0.628. The number of benzene rings is 2. The molecule has 0 spiro atoms. The Balaban J connectivity index is 2.50. The van der Waals surface area contributed by atoms with Gasteiger partial charge in [0.2, 0.25) is 0 Å². The summed E-state index contributed by atoms with van der Waals surface area (Å²) in [4.78, 5) is 0. The lowest BCUT2D eigenvalue weighted by Gasteiger charge is -2.02. The van der Waals surface area contributed by atoms with Gasteiger partial charge in [0.15, 0.2) is 0 Å². The van der Waals surface area contributed by atoms with E-state index in [0.29, 0.717) is 5.02 Å². The summed E-state index contributed by atoms with van der Waals surface area (Å²) in [5, 5.41) is 0.624. The van der Waals surface area contributed by atoms with Crippen molar-refractivity contribution in [2.75, 3.05) is 0 Å². The molecule has 2 rings (SSSR count). The normalized spacial score (nSPS) is 10.1. The van der Waals surface area contributed by atoms with E-state index in [0.717, 1.165) is 11.1 Å². The van der Waals surface area contributed by atoms with Gasteiger partial charge in [-0.2, -0.15) is 0 Å². The van der Waals surface area contributed by atoms with Crippen LogP contribution in [-0.2, 0) is 0 Å². The van der Waals surface area contributed by atoms with Crippen molar-refractivity contribution in [1.82, 2.24) is 0 Å². The summed E-state index contributed by atoms with van der Waals surface area (Å²) in [6.45, 7) is 0. The van der Waals surface area contributed by atoms with Crippen LogP contribution in [0.4, 0.5) is 4.39 Å². The molecule has 0 nitrogen and oxygen atoms in total. The Hall–Kier alpha value is -1.34. The molecule has 0 bridgehead atoms. The van der Waals surface area contributed by atoms with Gasteiger partial charge in [0.25, 0.3) is 0 Å². The molecule has 2 aromatic rings. The number of hydrogen-bond donors (Lipinski definition) is 0. The summed E-state index contributed by atoms with van der Waals surface area (Å²) >= 11 is 5.97. The van der Waals surface area contributed by atoms with Crippen LogP contribution in [0.2, 0.25) is 5.02 Å². The molecule has 0 heterocycles. The minimum absolute atomic E-state index is 0.243. The zero-order valence-corrected chi connectivity index (χ0v) is 8.05. The van der Waals surface area contributed by atoms with Crippen molar-refractivity contribution in [3.05, 3.63) is 59.4 Å². The molecule has 0 atom stereocenters. The summed E-state index contributed by atoms with van der Waals surface area (Å²) in [5.41, 5.74) is 1.80. The highest BCUT2D eigenvalue weighted by Gasteiger charge is 2.01. The predicted molar refractivity (Wildman–Crippen MR) is 55.7 cm³/mol. The minimum Gasteiger partial charge on any atom is -0.207 e. The molecule has 0 fully saturated rings. The highest BCUT2D eigenvalue weighted by Crippen LogP contribution is 2.26. The Morgan fingerprint density at radius 1 is 1.07 bits per heavy atom. The van der Waals surface area contributed by atoms with Crippen molar-refractivity contribution >= 4 is 11.6 Å². The van der Waals surface area contributed by atoms with Crippen molar-refractivity contribution < 1.29 is 4.39 Å². The Kier molecular flexibility index (Phi) is 2.51. The largest absolute Gasteiger partial charge is 0.207 e. The van der Waals surface area contributed by atoms with Crippen LogP contribution in [0.15, 0.2) is 42.5 Å². The predicted octanol–water partition coefficient (Wildman–Crippen LogP) is 3.95. The quantitative estimate of drug-likeness (QED) is 0.662. The van der Waals surface area contributed by atoms with Crippen molar-refractivity contribution in [3.8, 4) is 11.1 Å². The van der Waals surface area contributed by atoms with E-state index in [1.54, 1.807) is 24.3 Å². The van der Waals surface area contributed by atoms with Gasteiger partial charge in [-0.15, -0.1) is 0 Å². The summed E-state index contributed by atoms with van der Waals surface area (Å²) < 4.78 is 12.7. The molecule has 1 radical (unpaired) electrons. The molecule has 0 aliphatic rings. The van der Waals surface area contributed by atoms with Crippen LogP contribution in [0.3, 0.4) is 0 Å². The maximum Gasteiger partial charge on any atom is 0.123 e. The van der Waals surface area contributed by atoms with Crippen LogP contribution < -0.4 is 0 Å². The summed E-state index contributed by atoms with van der Waals surface area (Å²) in [6, 6.07) is 14.5. The van der Waals surface area contributed by atoms with Gasteiger partial charge in [0.1, 0.15) is 5.82 Å². The van der Waals surface area contributed by atoms with Gasteiger partial charge in [-0.05, 0) is 29.8 Å². The number of hydrogen-bond acceptors (Lipinski definition) is 0. The molecule has 0 unspecified atom stereocenters. The third-order valence-electron chi connectivity index (χ3n) is 1.97. The van der Waals surface area contributed by atoms with Crippen molar-refractivity contribution in [2.24, 2.45) is 0 Å². The fourth-order valence-corrected chi connectivity index (χ4v) is 1.51. The molecule has 0 aliphatic carbocycles. The van der Waals surface area contributed by atoms with Gasteiger partial charge in [0.05, 0.1) is 0 Å². The van der Waals surface area contributed by atoms with Crippen LogP contribution in [-0.4, -0.2) is 0 Å². The van der Waals surface area contributed by atoms with E-state index in [1.807, 2.05) is 6.07 Å². The second kappa shape index (κ2) is 3.81. The third-order valence-corrected chi connectivity index (χ3v) is 2.28. The highest BCUT2D eigenvalue weighted by atomic mass is 35.5. The van der Waals surface area contributed by atoms with Crippen LogP contribution >= 0.6 is 11.6 Å². The monoisotopic (exact) mass is 205 g/mol. The SMILES string of the molecule is Fc1ccc(-c2cc[c]cc2Cl)cc1. The number of halogens is 2. The average Bonchev–Trinajstić information content (AvgIpc) is 2.20. The molecule has 0 N–H and O–H groups in total. The fraction of sp³-hybridized carbons (Fsp3) is 0. The molecule has 0 aromatic heterocycles. The Morgan fingerprint density at radius 2 is 1.79 bits per heavy atom. The maximum absolute atomic E-state index is 12.7. The van der Waals surface area contributed by atoms with E-state index >= 15 is 0 Å². The van der Waals surface area contributed by atoms with Gasteiger partial charge in [-0.1, -0.05) is 35.9 Å². The molecular weight excluding hydrogens is 199 g/mol. The maximum atomic E-state index is 12.7. The first-order chi connectivity index (χ1) is 6.77. The van der Waals surface area contributed by atoms with Crippen LogP contribution in [0.1, 0.15) is 0 Å². The van der Waals surface area contributed by atoms with E-state index in [2.05, 4.69) is 6.07 Å². The Bertz CT molecular complexity index is 434. The topological polar surface area (TPSA) is 0 Å². The van der Waals surface area contributed by atoms with E-state index in [-0.39, 0.29) is 5.82 Å². The van der Waals surface area contributed by atoms with Gasteiger partial charge in [-0.3, -0.25) is 0 Å². The Labute approximate surface area is 87.0 Å². The van der Waals surface area contributed by atoms with Gasteiger partial charge in [0, 0.05) is 10.6 Å². The van der Waals surface area contributed by atoms with Gasteiger partial charge >= 0.3 is 0 Å². The standard InChI is InChI=1S/C12H7ClF/c13-12-4-2-1-3-11(12)9-5-7-10(14)8-6-9/h1,3-8H. The molecule has 2 heteroatoms. The van der Waals surface area contributed by atoms with E-state index in [9.17, 15) is 4.39 Å². The minimum atomic E-state index is -0.243. The van der Waals surface area contributed by atoms with Crippen molar-refractivity contribution in [3.63, 3.8) is 0 Å². The molecule has 0 aliphatic heterocycles. The van der Waals surface area contributed by atoms with Gasteiger partial charge in [-0.25, -0.2) is 4.39 Å². The second-order valence-corrected chi connectivity index (χ2v) is 3.32. The van der Waals surface area contributed by atoms with Crippen LogP contribution in [0.25, 0.3) is 11.1 Å². The van der Waals surface area contributed by atoms with Crippen LogP contribution in [0, 0.1) is 11.9 Å². The molecule has 0 amide bonds. The summed E-state index contributed by atoms with van der Waals surface area (Å²) in [7, 11) is 0. The fourth-order valence-electron chi connectivity index (χ4n) is 1.27. The lowest BCUT2D eigenvalue weighted by atomic mass is 10.1. The molecule has 0 saturated heterocycles. The van der Waals surface area contributed by atoms with E-state index in [4.69, 9.17) is 11.6 Å². The highest BCUT2D eigenvalue weighted by molar-refractivity contribution is 6.33. The molecule has 2 aromatic carbocycles. The smallest absolute Gasteiger partial charge is 0.123 e. The van der Waals surface area contributed by atoms with E-state index < -0.39 is 0 Å². The first kappa shape index (κ1) is 9.22. The average molecular weight is 206 g/mol. The zero-order chi connectivity index (χ0) is 9.97. The summed E-state index contributed by atoms with van der Waals surface area (Å²) in [5.74, 6) is -0.243. The molecule has 69 valence electrons. The number of rotatable bonds is 1. The molecule has 0 saturated carbocycles. The van der Waals surface area contributed by atoms with Gasteiger partial charge < -0.3 is 0 Å². The summed E-state index contributed by atoms with van der Waals surface area (Å²) in [6.07, 6.45) is 0.